The van der Waals surface area contributed by atoms with Gasteiger partial charge >= 0.3 is 0 Å². The fourth-order valence-electron chi connectivity index (χ4n) is 3.77. The molecular weight excluding hydrogens is 438 g/mol. The molecule has 1 amide bonds. The molecule has 182 valence electrons. The number of aliphatic hydroxyl groups is 1. The van der Waals surface area contributed by atoms with Gasteiger partial charge < -0.3 is 29.3 Å². The number of aromatic hydroxyl groups is 1. The SMILES string of the molecule is CCOc1cc(C2/C(=C(/O)c3cccc(OCC(C)C)c3)C(=O)C(=O)N2CCOC)ccc1O. The van der Waals surface area contributed by atoms with E-state index >= 15 is 0 Å². The molecule has 0 bridgehead atoms. The second-order valence-corrected chi connectivity index (χ2v) is 8.38. The smallest absolute Gasteiger partial charge is 0.295 e. The normalized spacial score (nSPS) is 17.4. The molecule has 1 atom stereocenters. The number of likely N-dealkylation sites (tertiary alicyclic amines) is 1. The second kappa shape index (κ2) is 11.1. The zero-order chi connectivity index (χ0) is 24.8. The molecule has 1 saturated heterocycles. The van der Waals surface area contributed by atoms with Gasteiger partial charge in [0.2, 0.25) is 0 Å². The van der Waals surface area contributed by atoms with Crippen molar-refractivity contribution in [2.75, 3.05) is 33.5 Å². The molecule has 3 rings (SSSR count). The zero-order valence-electron chi connectivity index (χ0n) is 19.9. The Morgan fingerprint density at radius 1 is 1.12 bits per heavy atom. The number of hydrogen-bond acceptors (Lipinski definition) is 7. The van der Waals surface area contributed by atoms with E-state index < -0.39 is 17.7 Å². The predicted molar refractivity (Wildman–Crippen MR) is 127 cm³/mol. The summed E-state index contributed by atoms with van der Waals surface area (Å²) < 4.78 is 16.4. The fraction of sp³-hybridized carbons (Fsp3) is 0.385. The number of amides is 1. The summed E-state index contributed by atoms with van der Waals surface area (Å²) in [5, 5.41) is 21.4. The van der Waals surface area contributed by atoms with E-state index in [1.807, 2.05) is 13.8 Å². The van der Waals surface area contributed by atoms with E-state index in [0.29, 0.717) is 36.0 Å². The van der Waals surface area contributed by atoms with Crippen LogP contribution >= 0.6 is 0 Å². The van der Waals surface area contributed by atoms with Crippen molar-refractivity contribution in [3.05, 3.63) is 59.2 Å². The zero-order valence-corrected chi connectivity index (χ0v) is 19.9. The molecule has 2 N–H and O–H groups in total. The van der Waals surface area contributed by atoms with Crippen molar-refractivity contribution < 1.29 is 34.0 Å². The number of methoxy groups -OCH3 is 1. The summed E-state index contributed by atoms with van der Waals surface area (Å²) in [5.74, 6) is -0.802. The maximum atomic E-state index is 13.1. The highest BCUT2D eigenvalue weighted by Crippen LogP contribution is 2.42. The molecule has 1 unspecified atom stereocenters. The summed E-state index contributed by atoms with van der Waals surface area (Å²) in [7, 11) is 1.50. The van der Waals surface area contributed by atoms with Gasteiger partial charge in [-0.25, -0.2) is 0 Å². The van der Waals surface area contributed by atoms with Gasteiger partial charge in [0.25, 0.3) is 11.7 Å². The van der Waals surface area contributed by atoms with Gasteiger partial charge in [-0.2, -0.15) is 0 Å². The van der Waals surface area contributed by atoms with Crippen molar-refractivity contribution >= 4 is 17.4 Å². The molecule has 0 aliphatic carbocycles. The van der Waals surface area contributed by atoms with Crippen LogP contribution in [0.1, 0.15) is 37.9 Å². The van der Waals surface area contributed by atoms with Crippen LogP contribution < -0.4 is 9.47 Å². The Kier molecular flexibility index (Phi) is 8.17. The lowest BCUT2D eigenvalue weighted by Crippen LogP contribution is -2.32. The number of aliphatic hydroxyl groups excluding tert-OH is 1. The van der Waals surface area contributed by atoms with Gasteiger partial charge in [-0.3, -0.25) is 9.59 Å². The van der Waals surface area contributed by atoms with E-state index in [-0.39, 0.29) is 36.0 Å². The molecule has 2 aromatic rings. The third kappa shape index (κ3) is 5.34. The number of ketones is 1. The van der Waals surface area contributed by atoms with Gasteiger partial charge in [0.1, 0.15) is 11.5 Å². The number of nitrogens with zero attached hydrogens (tertiary/aromatic N) is 1. The summed E-state index contributed by atoms with van der Waals surface area (Å²) in [6.07, 6.45) is 0. The molecule has 0 aromatic heterocycles. The first-order valence-electron chi connectivity index (χ1n) is 11.2. The van der Waals surface area contributed by atoms with Crippen LogP contribution in [0, 0.1) is 5.92 Å². The van der Waals surface area contributed by atoms with Crippen LogP contribution in [-0.2, 0) is 14.3 Å². The standard InChI is InChI=1S/C26H31NO7/c1-5-33-21-14-17(9-10-20(21)28)23-22(25(30)26(31)27(23)11-12-32-4)24(29)18-7-6-8-19(13-18)34-15-16(2)3/h6-10,13-14,16,23,28-29H,5,11-12,15H2,1-4H3/b24-22-. The summed E-state index contributed by atoms with van der Waals surface area (Å²) in [6.45, 7) is 7.01. The van der Waals surface area contributed by atoms with E-state index in [4.69, 9.17) is 14.2 Å². The van der Waals surface area contributed by atoms with Gasteiger partial charge in [0, 0.05) is 19.2 Å². The molecule has 34 heavy (non-hydrogen) atoms. The molecule has 2 aromatic carbocycles. The average molecular weight is 470 g/mol. The number of rotatable bonds is 10. The number of carbonyl (C=O) groups excluding carboxylic acids is 2. The van der Waals surface area contributed by atoms with E-state index in [1.165, 1.54) is 18.1 Å². The highest BCUT2D eigenvalue weighted by molar-refractivity contribution is 6.46. The number of phenolic OH excluding ortho intramolecular Hbond substituents is 1. The van der Waals surface area contributed by atoms with E-state index in [1.54, 1.807) is 43.3 Å². The van der Waals surface area contributed by atoms with Gasteiger partial charge in [0.05, 0.1) is 31.4 Å². The molecule has 0 saturated carbocycles. The lowest BCUT2D eigenvalue weighted by molar-refractivity contribution is -0.140. The van der Waals surface area contributed by atoms with Crippen LogP contribution in [0.4, 0.5) is 0 Å². The fourth-order valence-corrected chi connectivity index (χ4v) is 3.77. The molecule has 8 nitrogen and oxygen atoms in total. The molecule has 1 fully saturated rings. The van der Waals surface area contributed by atoms with Crippen molar-refractivity contribution in [2.45, 2.75) is 26.8 Å². The Morgan fingerprint density at radius 3 is 2.56 bits per heavy atom. The second-order valence-electron chi connectivity index (χ2n) is 8.38. The molecular formula is C26H31NO7. The number of carbonyl (C=O) groups is 2. The van der Waals surface area contributed by atoms with Gasteiger partial charge in [0.15, 0.2) is 11.5 Å². The molecule has 0 radical (unpaired) electrons. The largest absolute Gasteiger partial charge is 0.507 e. The van der Waals surface area contributed by atoms with Crippen molar-refractivity contribution in [1.29, 1.82) is 0 Å². The lowest BCUT2D eigenvalue weighted by Gasteiger charge is -2.25. The minimum atomic E-state index is -0.879. The van der Waals surface area contributed by atoms with Crippen LogP contribution in [0.3, 0.4) is 0 Å². The number of hydrogen-bond donors (Lipinski definition) is 2. The number of ether oxygens (including phenoxy) is 3. The molecule has 0 spiro atoms. The highest BCUT2D eigenvalue weighted by Gasteiger charge is 2.46. The van der Waals surface area contributed by atoms with Crippen LogP contribution in [0.2, 0.25) is 0 Å². The van der Waals surface area contributed by atoms with Crippen LogP contribution in [-0.4, -0.2) is 60.3 Å². The lowest BCUT2D eigenvalue weighted by atomic mass is 9.95. The Bertz CT molecular complexity index is 1080. The summed E-state index contributed by atoms with van der Waals surface area (Å²) in [6, 6.07) is 10.5. The van der Waals surface area contributed by atoms with Crippen LogP contribution in [0.5, 0.6) is 17.2 Å². The number of Topliss-reactive ketones (excluding diaryl/α,β-unsaturated/α-hetero) is 1. The molecule has 1 heterocycles. The van der Waals surface area contributed by atoms with E-state index in [0.717, 1.165) is 0 Å². The molecule has 1 aliphatic heterocycles. The van der Waals surface area contributed by atoms with E-state index in [9.17, 15) is 19.8 Å². The van der Waals surface area contributed by atoms with Crippen molar-refractivity contribution in [2.24, 2.45) is 5.92 Å². The monoisotopic (exact) mass is 469 g/mol. The number of benzene rings is 2. The quantitative estimate of drug-likeness (QED) is 0.309. The minimum Gasteiger partial charge on any atom is -0.507 e. The van der Waals surface area contributed by atoms with Gasteiger partial charge in [-0.15, -0.1) is 0 Å². The first-order chi connectivity index (χ1) is 16.3. The topological polar surface area (TPSA) is 106 Å². The molecule has 8 heteroatoms. The third-order valence-corrected chi connectivity index (χ3v) is 5.37. The third-order valence-electron chi connectivity index (χ3n) is 5.37. The average Bonchev–Trinajstić information content (AvgIpc) is 3.07. The van der Waals surface area contributed by atoms with Crippen LogP contribution in [0.15, 0.2) is 48.0 Å². The van der Waals surface area contributed by atoms with E-state index in [2.05, 4.69) is 0 Å². The Balaban J connectivity index is 2.12. The minimum absolute atomic E-state index is 0.0461. The van der Waals surface area contributed by atoms with Crippen molar-refractivity contribution in [1.82, 2.24) is 4.90 Å². The van der Waals surface area contributed by atoms with Gasteiger partial charge in [-0.1, -0.05) is 32.0 Å². The maximum Gasteiger partial charge on any atom is 0.295 e. The predicted octanol–water partition coefficient (Wildman–Crippen LogP) is 3.89. The number of phenols is 1. The summed E-state index contributed by atoms with van der Waals surface area (Å²) in [5.41, 5.74) is 0.834. The Labute approximate surface area is 199 Å². The first-order valence-corrected chi connectivity index (χ1v) is 11.2. The van der Waals surface area contributed by atoms with Crippen molar-refractivity contribution in [3.63, 3.8) is 0 Å². The first kappa shape index (κ1) is 25.1. The summed E-state index contributed by atoms with van der Waals surface area (Å²) in [4.78, 5) is 27.4. The Morgan fingerprint density at radius 2 is 1.88 bits per heavy atom. The maximum absolute atomic E-state index is 13.1. The Hall–Kier alpha value is -3.52. The highest BCUT2D eigenvalue weighted by atomic mass is 16.5. The van der Waals surface area contributed by atoms with Crippen molar-refractivity contribution in [3.8, 4) is 17.2 Å². The van der Waals surface area contributed by atoms with Gasteiger partial charge in [-0.05, 0) is 42.7 Å². The molecule has 1 aliphatic rings. The summed E-state index contributed by atoms with van der Waals surface area (Å²) >= 11 is 0. The van der Waals surface area contributed by atoms with Crippen LogP contribution in [0.25, 0.3) is 5.76 Å².